The van der Waals surface area contributed by atoms with Crippen LogP contribution in [0.4, 0.5) is 56.9 Å². The first-order chi connectivity index (χ1) is 39.6. The van der Waals surface area contributed by atoms with Crippen LogP contribution in [0.3, 0.4) is 0 Å². The van der Waals surface area contributed by atoms with Crippen LogP contribution in [0.2, 0.25) is 0 Å². The summed E-state index contributed by atoms with van der Waals surface area (Å²) in [5.74, 6) is -1.36. The lowest BCUT2D eigenvalue weighted by molar-refractivity contribution is 0.311. The summed E-state index contributed by atoms with van der Waals surface area (Å²) >= 11 is 0. The Kier molecular flexibility index (Phi) is 18.7. The van der Waals surface area contributed by atoms with Gasteiger partial charge >= 0.3 is 0 Å². The summed E-state index contributed by atoms with van der Waals surface area (Å²) in [7, 11) is -18.0. The van der Waals surface area contributed by atoms with Crippen molar-refractivity contribution in [3.63, 3.8) is 0 Å². The monoisotopic (exact) mass is 1220 g/mol. The molecule has 0 radical (unpaired) electrons. The van der Waals surface area contributed by atoms with Gasteiger partial charge in [0.25, 0.3) is 40.5 Å². The number of fused-ring (bicyclic) bond motifs is 2. The van der Waals surface area contributed by atoms with E-state index in [9.17, 15) is 52.4 Å². The third kappa shape index (κ3) is 16.2. The molecule has 0 fully saturated rings. The fourth-order valence-corrected chi connectivity index (χ4v) is 10.7. The highest BCUT2D eigenvalue weighted by atomic mass is 32.2. The Morgan fingerprint density at radius 2 is 0.940 bits per heavy atom. The highest BCUT2D eigenvalue weighted by molar-refractivity contribution is 7.86. The minimum absolute atomic E-state index is 0.0486. The molecule has 0 atom stereocenters. The van der Waals surface area contributed by atoms with Crippen LogP contribution in [0.1, 0.15) is 47.1 Å². The highest BCUT2D eigenvalue weighted by Crippen LogP contribution is 2.44. The van der Waals surface area contributed by atoms with E-state index in [1.54, 1.807) is 88.4 Å². The Morgan fingerprint density at radius 1 is 0.429 bits per heavy atom. The van der Waals surface area contributed by atoms with Crippen molar-refractivity contribution in [2.24, 2.45) is 40.9 Å². The highest BCUT2D eigenvalue weighted by Gasteiger charge is 2.23. The van der Waals surface area contributed by atoms with E-state index >= 15 is 0 Å². The second-order valence-electron chi connectivity index (χ2n) is 19.4. The summed E-state index contributed by atoms with van der Waals surface area (Å²) in [6.45, 7) is 8.65. The number of nitrogens with zero attached hydrogens (tertiary/aromatic N) is 8. The molecule has 0 saturated heterocycles. The summed E-state index contributed by atoms with van der Waals surface area (Å²) in [4.78, 5) is -1.07. The Balaban J connectivity index is 1.01. The molecule has 8 aromatic carbocycles. The lowest BCUT2D eigenvalue weighted by Crippen LogP contribution is -2.08. The summed E-state index contributed by atoms with van der Waals surface area (Å²) in [6, 6.07) is 32.5. The molecule has 24 nitrogen and oxygen atoms in total. The standard InChI is InChI=1S/C56H55N9O15S4/c1-33-23-48(34(2)22-46(33)60-61-47-24-36(4)49(25-35(47)3)63-65-55-54(84(76,77)78)29-39-27-41(16-17-44(39)56(55)66)57-40-12-7-6-8-13-40)62-64-51-26-37(5)50(32-53(51)80-19-11-21-82(70,71)72)59-58-42-15-14-38-28-43(83(73,74)75)31-52(45(38)30-42)79-18-9-10-20-81(67,68)69/h6-8,12-17,22-32,57,66H,9-11,18-21H2,1-5H3,(H,67,68,69)(H,70,71,72)(H,73,74,75)(H,76,77,78). The molecule has 0 aromatic heterocycles. The average molecular weight is 1220 g/mol. The number of azo groups is 4. The van der Waals surface area contributed by atoms with Gasteiger partial charge in [-0.3, -0.25) is 18.2 Å². The van der Waals surface area contributed by atoms with E-state index < -0.39 is 73.2 Å². The quantitative estimate of drug-likeness (QED) is 0.0197. The normalized spacial score (nSPS) is 12.7. The molecule has 0 amide bonds. The summed E-state index contributed by atoms with van der Waals surface area (Å²) < 4.78 is 145. The number of hydrogen-bond donors (Lipinski definition) is 6. The topological polar surface area (TPSA) is 367 Å². The molecule has 0 saturated carbocycles. The third-order valence-electron chi connectivity index (χ3n) is 12.8. The van der Waals surface area contributed by atoms with Gasteiger partial charge in [0, 0.05) is 34.3 Å². The van der Waals surface area contributed by atoms with Gasteiger partial charge in [0.15, 0.2) is 5.75 Å². The van der Waals surface area contributed by atoms with Crippen LogP contribution in [0, 0.1) is 34.6 Å². The molecule has 0 heterocycles. The second-order valence-corrected chi connectivity index (χ2v) is 25.3. The lowest BCUT2D eigenvalue weighted by Gasteiger charge is -2.12. The van der Waals surface area contributed by atoms with Gasteiger partial charge in [-0.05, 0) is 177 Å². The minimum Gasteiger partial charge on any atom is -0.505 e. The lowest BCUT2D eigenvalue weighted by atomic mass is 10.1. The molecule has 438 valence electrons. The molecule has 6 N–H and O–H groups in total. The fourth-order valence-electron chi connectivity index (χ4n) is 8.42. The van der Waals surface area contributed by atoms with Crippen molar-refractivity contribution in [1.82, 2.24) is 0 Å². The predicted octanol–water partition coefficient (Wildman–Crippen LogP) is 14.8. The number of phenols is 1. The van der Waals surface area contributed by atoms with E-state index in [1.165, 1.54) is 24.3 Å². The summed E-state index contributed by atoms with van der Waals surface area (Å²) in [6.07, 6.45) is 0.183. The van der Waals surface area contributed by atoms with Crippen LogP contribution in [-0.4, -0.2) is 81.7 Å². The number of para-hydroxylation sites is 1. The molecule has 8 aromatic rings. The fraction of sp³-hybridized carbons (Fsp3) is 0.214. The van der Waals surface area contributed by atoms with Gasteiger partial charge in [-0.2, -0.15) is 64.4 Å². The van der Waals surface area contributed by atoms with Crippen molar-refractivity contribution in [1.29, 1.82) is 0 Å². The van der Waals surface area contributed by atoms with E-state index in [0.717, 1.165) is 11.8 Å². The Labute approximate surface area is 483 Å². The molecular formula is C56H55N9O15S4. The van der Waals surface area contributed by atoms with Crippen LogP contribution in [0.5, 0.6) is 17.2 Å². The average Bonchev–Trinajstić information content (AvgIpc) is 1.50. The SMILES string of the molecule is Cc1cc(N=Nc2cc(C)c(N=Nc3cc(C)c(N=Nc4c(S(=O)(=O)O)cc5cc(Nc6ccccc6)ccc5c4O)cc3C)cc2C)c(OCCCS(=O)(=O)O)cc1N=Nc1ccc2cc(S(=O)(=O)O)cc(OCCCCS(=O)(=O)O)c2c1. The first-order valence-corrected chi connectivity index (χ1v) is 31.5. The maximum Gasteiger partial charge on any atom is 0.296 e. The third-order valence-corrected chi connectivity index (χ3v) is 16.1. The van der Waals surface area contributed by atoms with Crippen molar-refractivity contribution in [2.75, 3.05) is 30.0 Å². The maximum atomic E-state index is 12.6. The number of nitrogens with one attached hydrogen (secondary N) is 1. The van der Waals surface area contributed by atoms with Crippen LogP contribution in [-0.2, 0) is 40.5 Å². The summed E-state index contributed by atoms with van der Waals surface area (Å²) in [5, 5.41) is 51.1. The minimum atomic E-state index is -4.88. The number of phenolic OH excluding ortho intramolecular Hbond substituents is 1. The van der Waals surface area contributed by atoms with Crippen molar-refractivity contribution in [2.45, 2.75) is 63.7 Å². The molecular weight excluding hydrogens is 1170 g/mol. The molecule has 28 heteroatoms. The van der Waals surface area contributed by atoms with Gasteiger partial charge in [0.05, 0.1) is 63.7 Å². The molecule has 0 aliphatic heterocycles. The first kappa shape index (κ1) is 61.6. The van der Waals surface area contributed by atoms with Crippen LogP contribution in [0.25, 0.3) is 21.5 Å². The molecule has 0 aliphatic rings. The van der Waals surface area contributed by atoms with Crippen molar-refractivity contribution in [3.05, 3.63) is 149 Å². The number of aromatic hydroxyl groups is 1. The Morgan fingerprint density at radius 3 is 1.51 bits per heavy atom. The molecule has 84 heavy (non-hydrogen) atoms. The first-order valence-electron chi connectivity index (χ1n) is 25.4. The van der Waals surface area contributed by atoms with E-state index in [2.05, 4.69) is 46.2 Å². The van der Waals surface area contributed by atoms with E-state index in [0.29, 0.717) is 83.8 Å². The number of benzene rings is 8. The predicted molar refractivity (Wildman–Crippen MR) is 316 cm³/mol. The number of hydrogen-bond acceptors (Lipinski definition) is 20. The molecule has 0 aliphatic carbocycles. The Bertz CT molecular complexity index is 4470. The van der Waals surface area contributed by atoms with Crippen LogP contribution in [0.15, 0.2) is 172 Å². The molecule has 0 bridgehead atoms. The molecule has 8 rings (SSSR count). The number of aryl methyl sites for hydroxylation is 5. The van der Waals surface area contributed by atoms with Gasteiger partial charge in [0.2, 0.25) is 0 Å². The largest absolute Gasteiger partial charge is 0.505 e. The zero-order chi connectivity index (χ0) is 60.7. The zero-order valence-corrected chi connectivity index (χ0v) is 48.8. The second kappa shape index (κ2) is 25.6. The van der Waals surface area contributed by atoms with Gasteiger partial charge in [-0.25, -0.2) is 0 Å². The van der Waals surface area contributed by atoms with Gasteiger partial charge in [-0.15, -0.1) is 10.2 Å². The van der Waals surface area contributed by atoms with Crippen molar-refractivity contribution >= 4 is 119 Å². The van der Waals surface area contributed by atoms with Gasteiger partial charge in [-0.1, -0.05) is 24.3 Å². The summed E-state index contributed by atoms with van der Waals surface area (Å²) in [5.41, 5.74) is 6.73. The van der Waals surface area contributed by atoms with E-state index in [-0.39, 0.29) is 55.0 Å². The van der Waals surface area contributed by atoms with Crippen molar-refractivity contribution < 1.29 is 66.5 Å². The number of unbranched alkanes of at least 4 members (excludes halogenated alkanes) is 1. The maximum absolute atomic E-state index is 12.6. The van der Waals surface area contributed by atoms with Crippen LogP contribution < -0.4 is 14.8 Å². The van der Waals surface area contributed by atoms with Crippen molar-refractivity contribution in [3.8, 4) is 17.2 Å². The number of rotatable bonds is 23. The molecule has 0 spiro atoms. The smallest absolute Gasteiger partial charge is 0.296 e. The number of ether oxygens (including phenoxy) is 2. The molecule has 0 unspecified atom stereocenters. The number of anilines is 2. The Hall–Kier alpha value is -8.48. The van der Waals surface area contributed by atoms with Crippen LogP contribution >= 0.6 is 0 Å². The van der Waals surface area contributed by atoms with E-state index in [4.69, 9.17) is 14.0 Å². The van der Waals surface area contributed by atoms with E-state index in [1.807, 2.05) is 37.3 Å². The van der Waals surface area contributed by atoms with Gasteiger partial charge < -0.3 is 19.9 Å². The zero-order valence-electron chi connectivity index (χ0n) is 45.5. The van der Waals surface area contributed by atoms with Gasteiger partial charge in [0.1, 0.15) is 27.8 Å².